The van der Waals surface area contributed by atoms with Gasteiger partial charge < -0.3 is 14.8 Å². The lowest BCUT2D eigenvalue weighted by Crippen LogP contribution is -2.31. The van der Waals surface area contributed by atoms with Crippen LogP contribution in [0.15, 0.2) is 52.1 Å². The zero-order chi connectivity index (χ0) is 23.3. The van der Waals surface area contributed by atoms with E-state index in [9.17, 15) is 9.00 Å². The van der Waals surface area contributed by atoms with E-state index in [4.69, 9.17) is 9.47 Å². The summed E-state index contributed by atoms with van der Waals surface area (Å²) in [6.45, 7) is 6.15. The quantitative estimate of drug-likeness (QED) is 0.420. The third-order valence-corrected chi connectivity index (χ3v) is 6.44. The molecule has 1 heterocycles. The van der Waals surface area contributed by atoms with Crippen molar-refractivity contribution in [3.05, 3.63) is 52.8 Å². The number of hydrogen-bond acceptors (Lipinski definition) is 7. The fourth-order valence-corrected chi connectivity index (χ4v) is 4.46. The molecule has 0 aliphatic heterocycles. The van der Waals surface area contributed by atoms with Gasteiger partial charge >= 0.3 is 6.09 Å². The van der Waals surface area contributed by atoms with Crippen molar-refractivity contribution < 1.29 is 18.5 Å². The number of aromatic nitrogens is 2. The molecule has 3 rings (SSSR count). The van der Waals surface area contributed by atoms with Gasteiger partial charge in [0, 0.05) is 17.5 Å². The van der Waals surface area contributed by atoms with Crippen LogP contribution in [0, 0.1) is 0 Å². The highest BCUT2D eigenvalue weighted by Crippen LogP contribution is 2.33. The first-order chi connectivity index (χ1) is 15.2. The van der Waals surface area contributed by atoms with E-state index >= 15 is 0 Å². The normalized spacial score (nSPS) is 12.9. The van der Waals surface area contributed by atoms with Crippen LogP contribution in [0.25, 0.3) is 10.9 Å². The minimum absolute atomic E-state index is 0.176. The Morgan fingerprint density at radius 3 is 2.75 bits per heavy atom. The SMILES string of the molecule is C=S(=O)(NC(=O)OCC)c1cccc(COc2cc3ncnc(NC(C)C)c3cc2Br)c1. The third kappa shape index (κ3) is 5.89. The molecule has 0 aliphatic rings. The lowest BCUT2D eigenvalue weighted by Gasteiger charge is -2.14. The predicted molar refractivity (Wildman–Crippen MR) is 130 cm³/mol. The lowest BCUT2D eigenvalue weighted by molar-refractivity contribution is 0.159. The van der Waals surface area contributed by atoms with Gasteiger partial charge in [0.1, 0.15) is 24.5 Å². The highest BCUT2D eigenvalue weighted by molar-refractivity contribution is 9.10. The Labute approximate surface area is 196 Å². The van der Waals surface area contributed by atoms with Crippen LogP contribution in [0.1, 0.15) is 26.3 Å². The first kappa shape index (κ1) is 23.8. The van der Waals surface area contributed by atoms with Crippen molar-refractivity contribution in [2.75, 3.05) is 11.9 Å². The maximum Gasteiger partial charge on any atom is 0.418 e. The molecule has 2 aromatic carbocycles. The Hall–Kier alpha value is -2.85. The molecule has 0 saturated carbocycles. The molecule has 10 heteroatoms. The van der Waals surface area contributed by atoms with Gasteiger partial charge in [0.15, 0.2) is 0 Å². The van der Waals surface area contributed by atoms with Crippen molar-refractivity contribution in [2.24, 2.45) is 0 Å². The van der Waals surface area contributed by atoms with Gasteiger partial charge in [-0.05, 0) is 66.3 Å². The topological polar surface area (TPSA) is 102 Å². The Bertz CT molecular complexity index is 1230. The predicted octanol–water partition coefficient (Wildman–Crippen LogP) is 4.53. The second-order valence-corrected chi connectivity index (χ2v) is 10.1. The van der Waals surface area contributed by atoms with Crippen molar-refractivity contribution in [1.29, 1.82) is 0 Å². The summed E-state index contributed by atoms with van der Waals surface area (Å²) in [7, 11) is -3.05. The third-order valence-electron chi connectivity index (χ3n) is 4.31. The van der Waals surface area contributed by atoms with Crippen LogP contribution in [-0.2, 0) is 21.1 Å². The standard InChI is InChI=1S/C22H25BrN4O4S/c1-5-30-22(28)27-32(4,29)16-8-6-7-15(9-16)12-31-20-11-19-17(10-18(20)23)21(25-13-24-19)26-14(2)3/h6-11,13-14H,4-5,12H2,1-3H3,(H,24,25,26)(H,27,28,29). The zero-order valence-electron chi connectivity index (χ0n) is 18.1. The van der Waals surface area contributed by atoms with E-state index in [0.717, 1.165) is 26.8 Å². The van der Waals surface area contributed by atoms with Crippen LogP contribution in [0.3, 0.4) is 0 Å². The second-order valence-electron chi connectivity index (χ2n) is 7.25. The number of nitrogens with one attached hydrogen (secondary N) is 2. The molecule has 0 spiro atoms. The fourth-order valence-electron chi connectivity index (χ4n) is 2.91. The summed E-state index contributed by atoms with van der Waals surface area (Å²) >= 11 is 3.55. The smallest absolute Gasteiger partial charge is 0.418 e. The van der Waals surface area contributed by atoms with Gasteiger partial charge in [-0.15, -0.1) is 0 Å². The Balaban J connectivity index is 1.79. The molecule has 2 N–H and O–H groups in total. The Morgan fingerprint density at radius 1 is 1.25 bits per heavy atom. The van der Waals surface area contributed by atoms with E-state index in [1.54, 1.807) is 25.1 Å². The number of rotatable bonds is 8. The van der Waals surface area contributed by atoms with Crippen molar-refractivity contribution >= 4 is 54.3 Å². The fraction of sp³-hybridized carbons (Fsp3) is 0.273. The van der Waals surface area contributed by atoms with Crippen LogP contribution in [0.5, 0.6) is 5.75 Å². The number of nitrogens with zero attached hydrogens (tertiary/aromatic N) is 2. The van der Waals surface area contributed by atoms with E-state index in [2.05, 4.69) is 41.8 Å². The van der Waals surface area contributed by atoms with Crippen LogP contribution in [0.4, 0.5) is 10.6 Å². The number of carbonyl (C=O) groups is 1. The highest BCUT2D eigenvalue weighted by atomic mass is 79.9. The highest BCUT2D eigenvalue weighted by Gasteiger charge is 2.14. The summed E-state index contributed by atoms with van der Waals surface area (Å²) in [5.74, 6) is 5.01. The summed E-state index contributed by atoms with van der Waals surface area (Å²) in [5, 5.41) is 4.19. The summed E-state index contributed by atoms with van der Waals surface area (Å²) in [6, 6.07) is 10.9. The summed E-state index contributed by atoms with van der Waals surface area (Å²) in [6.07, 6.45) is 0.734. The monoisotopic (exact) mass is 520 g/mol. The zero-order valence-corrected chi connectivity index (χ0v) is 20.5. The molecule has 0 radical (unpaired) electrons. The maximum atomic E-state index is 12.8. The number of carbonyl (C=O) groups excluding carboxylic acids is 1. The minimum atomic E-state index is -3.05. The minimum Gasteiger partial charge on any atom is -0.488 e. The van der Waals surface area contributed by atoms with Crippen molar-refractivity contribution in [3.63, 3.8) is 0 Å². The van der Waals surface area contributed by atoms with Gasteiger partial charge in [0.05, 0.1) is 31.2 Å². The van der Waals surface area contributed by atoms with E-state index < -0.39 is 15.8 Å². The molecule has 170 valence electrons. The first-order valence-electron chi connectivity index (χ1n) is 9.94. The first-order valence-corrected chi connectivity index (χ1v) is 12.5. The Morgan fingerprint density at radius 2 is 2.03 bits per heavy atom. The molecule has 0 bridgehead atoms. The van der Waals surface area contributed by atoms with Crippen LogP contribution < -0.4 is 14.8 Å². The molecular weight excluding hydrogens is 496 g/mol. The summed E-state index contributed by atoms with van der Waals surface area (Å²) in [5.41, 5.74) is 1.51. The van der Waals surface area contributed by atoms with Crippen LogP contribution in [0.2, 0.25) is 0 Å². The van der Waals surface area contributed by atoms with Crippen LogP contribution in [-0.4, -0.2) is 38.8 Å². The van der Waals surface area contributed by atoms with Gasteiger partial charge in [0.2, 0.25) is 0 Å². The van der Waals surface area contributed by atoms with E-state index in [-0.39, 0.29) is 19.3 Å². The molecule has 8 nitrogen and oxygen atoms in total. The second kappa shape index (κ2) is 10.2. The summed E-state index contributed by atoms with van der Waals surface area (Å²) in [4.78, 5) is 20.7. The lowest BCUT2D eigenvalue weighted by atomic mass is 10.2. The average Bonchev–Trinajstić information content (AvgIpc) is 2.72. The van der Waals surface area contributed by atoms with Gasteiger partial charge in [-0.25, -0.2) is 23.7 Å². The number of amides is 1. The molecule has 0 fully saturated rings. The molecule has 1 amide bonds. The van der Waals surface area contributed by atoms with Crippen molar-refractivity contribution in [3.8, 4) is 5.75 Å². The molecule has 1 aromatic heterocycles. The summed E-state index contributed by atoms with van der Waals surface area (Å²) < 4.78 is 26.7. The van der Waals surface area contributed by atoms with Gasteiger partial charge in [0.25, 0.3) is 0 Å². The molecule has 1 atom stereocenters. The number of fused-ring (bicyclic) bond motifs is 1. The van der Waals surface area contributed by atoms with E-state index in [0.29, 0.717) is 10.6 Å². The largest absolute Gasteiger partial charge is 0.488 e. The number of benzene rings is 2. The maximum absolute atomic E-state index is 12.8. The van der Waals surface area contributed by atoms with Gasteiger partial charge in [-0.1, -0.05) is 12.1 Å². The number of halogens is 1. The molecule has 3 aromatic rings. The molecule has 0 saturated heterocycles. The molecule has 32 heavy (non-hydrogen) atoms. The number of ether oxygens (including phenoxy) is 2. The molecular formula is C22H25BrN4O4S. The van der Waals surface area contributed by atoms with E-state index in [1.807, 2.05) is 32.0 Å². The van der Waals surface area contributed by atoms with Crippen molar-refractivity contribution in [2.45, 2.75) is 38.3 Å². The van der Waals surface area contributed by atoms with Gasteiger partial charge in [-0.2, -0.15) is 0 Å². The van der Waals surface area contributed by atoms with Crippen molar-refractivity contribution in [1.82, 2.24) is 14.7 Å². The van der Waals surface area contributed by atoms with Gasteiger partial charge in [-0.3, -0.25) is 0 Å². The van der Waals surface area contributed by atoms with Crippen LogP contribution >= 0.6 is 15.9 Å². The average molecular weight is 521 g/mol. The molecule has 1 unspecified atom stereocenters. The Kier molecular flexibility index (Phi) is 7.57. The van der Waals surface area contributed by atoms with E-state index in [1.165, 1.54) is 6.33 Å². The molecule has 0 aliphatic carbocycles. The number of hydrogen-bond donors (Lipinski definition) is 2. The number of anilines is 1.